The summed E-state index contributed by atoms with van der Waals surface area (Å²) in [5.74, 6) is 0.702. The van der Waals surface area contributed by atoms with E-state index in [1.807, 2.05) is 13.8 Å². The number of imide groups is 1. The third-order valence-corrected chi connectivity index (χ3v) is 4.01. The lowest BCUT2D eigenvalue weighted by Gasteiger charge is -2.17. The van der Waals surface area contributed by atoms with Crippen molar-refractivity contribution in [2.75, 3.05) is 18.6 Å². The van der Waals surface area contributed by atoms with Crippen LogP contribution in [0.1, 0.15) is 32.5 Å². The molecular weight excluding hydrogens is 286 g/mol. The van der Waals surface area contributed by atoms with E-state index in [0.717, 1.165) is 36.5 Å². The number of ether oxygens (including phenoxy) is 1. The summed E-state index contributed by atoms with van der Waals surface area (Å²) in [6.07, 6.45) is 2.94. The van der Waals surface area contributed by atoms with Gasteiger partial charge in [0.05, 0.1) is 12.7 Å². The molecule has 1 unspecified atom stereocenters. The maximum absolute atomic E-state index is 12.5. The maximum Gasteiger partial charge on any atom is 0.334 e. The number of aromatic nitrogens is 3. The number of hydrogen-bond acceptors (Lipinski definition) is 5. The fourth-order valence-corrected chi connectivity index (χ4v) is 2.72. The first-order valence-corrected chi connectivity index (χ1v) is 7.65. The van der Waals surface area contributed by atoms with E-state index in [4.69, 9.17) is 4.74 Å². The van der Waals surface area contributed by atoms with E-state index >= 15 is 0 Å². The van der Waals surface area contributed by atoms with Crippen molar-refractivity contribution in [3.63, 3.8) is 0 Å². The molecule has 8 nitrogen and oxygen atoms in total. The van der Waals surface area contributed by atoms with E-state index in [1.165, 1.54) is 4.90 Å². The third kappa shape index (κ3) is 2.47. The van der Waals surface area contributed by atoms with Gasteiger partial charge in [0.2, 0.25) is 0 Å². The number of amides is 3. The second-order valence-corrected chi connectivity index (χ2v) is 5.97. The smallest absolute Gasteiger partial charge is 0.334 e. The van der Waals surface area contributed by atoms with Crippen molar-refractivity contribution in [2.45, 2.75) is 51.8 Å². The lowest BCUT2D eigenvalue weighted by Crippen LogP contribution is -2.36. The van der Waals surface area contributed by atoms with Crippen LogP contribution in [0.3, 0.4) is 0 Å². The van der Waals surface area contributed by atoms with Crippen LogP contribution >= 0.6 is 0 Å². The van der Waals surface area contributed by atoms with E-state index in [2.05, 4.69) is 10.1 Å². The molecule has 1 aromatic heterocycles. The average Bonchev–Trinajstić information content (AvgIpc) is 2.97. The van der Waals surface area contributed by atoms with E-state index < -0.39 is 12.1 Å². The van der Waals surface area contributed by atoms with Crippen LogP contribution < -0.4 is 4.90 Å². The zero-order valence-corrected chi connectivity index (χ0v) is 13.2. The minimum absolute atomic E-state index is 0.00314. The SMILES string of the molecule is CC(C)OCC1C(=O)N(c2nc3n(n2)CCCC3)C(=O)N1C. The van der Waals surface area contributed by atoms with Crippen LogP contribution in [0.2, 0.25) is 0 Å². The van der Waals surface area contributed by atoms with Gasteiger partial charge < -0.3 is 9.64 Å². The zero-order chi connectivity index (χ0) is 15.9. The van der Waals surface area contributed by atoms with Gasteiger partial charge in [-0.05, 0) is 26.7 Å². The maximum atomic E-state index is 12.5. The van der Waals surface area contributed by atoms with Crippen LogP contribution in [0, 0.1) is 0 Å². The predicted octanol–water partition coefficient (Wildman–Crippen LogP) is 0.806. The van der Waals surface area contributed by atoms with Crippen molar-refractivity contribution in [3.8, 4) is 0 Å². The Bertz CT molecular complexity index is 574. The van der Waals surface area contributed by atoms with Gasteiger partial charge >= 0.3 is 6.03 Å². The van der Waals surface area contributed by atoms with E-state index in [9.17, 15) is 9.59 Å². The molecule has 0 saturated carbocycles. The summed E-state index contributed by atoms with van der Waals surface area (Å²) in [6.45, 7) is 4.76. The van der Waals surface area contributed by atoms with Gasteiger partial charge in [0.15, 0.2) is 0 Å². The molecule has 3 heterocycles. The first-order chi connectivity index (χ1) is 10.5. The first-order valence-electron chi connectivity index (χ1n) is 7.65. The Morgan fingerprint density at radius 1 is 1.32 bits per heavy atom. The number of fused-ring (bicyclic) bond motifs is 1. The predicted molar refractivity (Wildman–Crippen MR) is 78.5 cm³/mol. The number of likely N-dealkylation sites (N-methyl/N-ethyl adjacent to an activating group) is 1. The van der Waals surface area contributed by atoms with Gasteiger partial charge in [0.1, 0.15) is 11.9 Å². The highest BCUT2D eigenvalue weighted by Gasteiger charge is 2.46. The highest BCUT2D eigenvalue weighted by atomic mass is 16.5. The molecule has 0 bridgehead atoms. The van der Waals surface area contributed by atoms with Gasteiger partial charge in [-0.1, -0.05) is 0 Å². The Morgan fingerprint density at radius 2 is 2.09 bits per heavy atom. The molecule has 8 heteroatoms. The van der Waals surface area contributed by atoms with Crippen molar-refractivity contribution < 1.29 is 14.3 Å². The molecule has 1 saturated heterocycles. The Morgan fingerprint density at radius 3 is 2.77 bits per heavy atom. The van der Waals surface area contributed by atoms with Crippen LogP contribution in [-0.2, 0) is 22.5 Å². The monoisotopic (exact) mass is 307 g/mol. The van der Waals surface area contributed by atoms with E-state index in [0.29, 0.717) is 0 Å². The summed E-state index contributed by atoms with van der Waals surface area (Å²) in [5.41, 5.74) is 0. The van der Waals surface area contributed by atoms with Gasteiger partial charge in [-0.3, -0.25) is 4.79 Å². The third-order valence-electron chi connectivity index (χ3n) is 4.01. The molecule has 1 atom stereocenters. The number of carbonyl (C=O) groups is 2. The van der Waals surface area contributed by atoms with Crippen LogP contribution in [0.4, 0.5) is 10.7 Å². The molecular formula is C14H21N5O3. The molecule has 22 heavy (non-hydrogen) atoms. The number of urea groups is 1. The highest BCUT2D eigenvalue weighted by Crippen LogP contribution is 2.24. The standard InChI is InChI=1S/C14H21N5O3/c1-9(2)22-8-10-12(20)19(14(21)17(10)3)13-15-11-6-4-5-7-18(11)16-13/h9-10H,4-8H2,1-3H3. The molecule has 1 fully saturated rings. The second-order valence-electron chi connectivity index (χ2n) is 5.97. The first kappa shape index (κ1) is 15.0. The van der Waals surface area contributed by atoms with Gasteiger partial charge in [-0.2, -0.15) is 9.88 Å². The minimum Gasteiger partial charge on any atom is -0.376 e. The summed E-state index contributed by atoms with van der Waals surface area (Å²) in [6, 6.07) is -1.01. The molecule has 3 rings (SSSR count). The van der Waals surface area contributed by atoms with Crippen molar-refractivity contribution in [1.29, 1.82) is 0 Å². The van der Waals surface area contributed by atoms with Crippen LogP contribution in [0.15, 0.2) is 0 Å². The molecule has 0 radical (unpaired) electrons. The highest BCUT2D eigenvalue weighted by molar-refractivity contribution is 6.20. The minimum atomic E-state index is -0.615. The number of anilines is 1. The van der Waals surface area contributed by atoms with E-state index in [1.54, 1.807) is 11.7 Å². The summed E-state index contributed by atoms with van der Waals surface area (Å²) < 4.78 is 7.28. The molecule has 120 valence electrons. The number of rotatable bonds is 4. The number of nitrogens with zero attached hydrogens (tertiary/aromatic N) is 5. The number of carbonyl (C=O) groups excluding carboxylic acids is 2. The van der Waals surface area contributed by atoms with Crippen molar-refractivity contribution in [1.82, 2.24) is 19.7 Å². The average molecular weight is 307 g/mol. The normalized spacial score (nSPS) is 21.9. The summed E-state index contributed by atoms with van der Waals surface area (Å²) >= 11 is 0. The Hall–Kier alpha value is -1.96. The van der Waals surface area contributed by atoms with Gasteiger partial charge in [0, 0.05) is 20.0 Å². The summed E-state index contributed by atoms with van der Waals surface area (Å²) in [7, 11) is 1.60. The quantitative estimate of drug-likeness (QED) is 0.769. The fraction of sp³-hybridized carbons (Fsp3) is 0.714. The molecule has 0 aliphatic carbocycles. The summed E-state index contributed by atoms with van der Waals surface area (Å²) in [4.78, 5) is 31.7. The molecule has 2 aliphatic rings. The topological polar surface area (TPSA) is 80.6 Å². The second kappa shape index (κ2) is 5.68. The molecule has 0 aromatic carbocycles. The van der Waals surface area contributed by atoms with Gasteiger partial charge in [-0.15, -0.1) is 5.10 Å². The molecule has 0 N–H and O–H groups in total. The van der Waals surface area contributed by atoms with E-state index in [-0.39, 0.29) is 24.6 Å². The van der Waals surface area contributed by atoms with Crippen LogP contribution in [0.25, 0.3) is 0 Å². The molecule has 0 spiro atoms. The van der Waals surface area contributed by atoms with Crippen molar-refractivity contribution in [2.24, 2.45) is 0 Å². The van der Waals surface area contributed by atoms with Gasteiger partial charge in [-0.25, -0.2) is 9.48 Å². The Balaban J connectivity index is 1.83. The number of hydrogen-bond donors (Lipinski definition) is 0. The lowest BCUT2D eigenvalue weighted by molar-refractivity contribution is -0.121. The van der Waals surface area contributed by atoms with Crippen LogP contribution in [0.5, 0.6) is 0 Å². The molecule has 1 aromatic rings. The van der Waals surface area contributed by atoms with Crippen LogP contribution in [-0.4, -0.2) is 57.4 Å². The Kier molecular flexibility index (Phi) is 3.86. The Labute approximate surface area is 129 Å². The van der Waals surface area contributed by atoms with Crippen molar-refractivity contribution >= 4 is 17.9 Å². The molecule has 2 aliphatic heterocycles. The molecule has 3 amide bonds. The lowest BCUT2D eigenvalue weighted by atomic mass is 10.2. The fourth-order valence-electron chi connectivity index (χ4n) is 2.72. The summed E-state index contributed by atoms with van der Waals surface area (Å²) in [5, 5.41) is 4.32. The number of aryl methyl sites for hydroxylation is 2. The van der Waals surface area contributed by atoms with Crippen molar-refractivity contribution in [3.05, 3.63) is 5.82 Å². The largest absolute Gasteiger partial charge is 0.376 e. The van der Waals surface area contributed by atoms with Gasteiger partial charge in [0.25, 0.3) is 11.9 Å². The zero-order valence-electron chi connectivity index (χ0n) is 13.2.